The van der Waals surface area contributed by atoms with E-state index in [0.29, 0.717) is 0 Å². The van der Waals surface area contributed by atoms with Crippen molar-refractivity contribution in [3.8, 4) is 0 Å². The number of halogens is 1. The second-order valence-electron chi connectivity index (χ2n) is 3.27. The largest absolute Gasteiger partial charge is 0.465 e. The van der Waals surface area contributed by atoms with Crippen LogP contribution >= 0.6 is 0 Å². The van der Waals surface area contributed by atoms with Gasteiger partial charge in [0, 0.05) is 0 Å². The molecule has 1 aromatic carbocycles. The van der Waals surface area contributed by atoms with Crippen LogP contribution in [0.2, 0.25) is 0 Å². The second kappa shape index (κ2) is 3.80. The fourth-order valence-electron chi connectivity index (χ4n) is 1.48. The number of nitrogens with one attached hydrogen (secondary N) is 2. The van der Waals surface area contributed by atoms with Gasteiger partial charge in [-0.25, -0.2) is 9.18 Å². The highest BCUT2D eigenvalue weighted by atomic mass is 19.1. The molecule has 0 saturated carbocycles. The van der Waals surface area contributed by atoms with Crippen molar-refractivity contribution in [3.05, 3.63) is 23.5 Å². The molecule has 84 valence electrons. The third-order valence-electron chi connectivity index (χ3n) is 2.21. The summed E-state index contributed by atoms with van der Waals surface area (Å²) in [6, 6.07) is 2.43. The Balaban J connectivity index is 2.47. The number of benzene rings is 1. The maximum atomic E-state index is 13.5. The first-order valence-corrected chi connectivity index (χ1v) is 4.57. The number of methoxy groups -OCH3 is 1. The average molecular weight is 224 g/mol. The van der Waals surface area contributed by atoms with E-state index in [9.17, 15) is 14.0 Å². The number of hydrogen-bond acceptors (Lipinski definition) is 4. The monoisotopic (exact) mass is 224 g/mol. The van der Waals surface area contributed by atoms with Gasteiger partial charge in [0.1, 0.15) is 5.82 Å². The summed E-state index contributed by atoms with van der Waals surface area (Å²) >= 11 is 0. The molecule has 6 heteroatoms. The summed E-state index contributed by atoms with van der Waals surface area (Å²) in [4.78, 5) is 22.3. The van der Waals surface area contributed by atoms with Gasteiger partial charge < -0.3 is 15.4 Å². The Kier molecular flexibility index (Phi) is 2.47. The summed E-state index contributed by atoms with van der Waals surface area (Å²) in [6.45, 7) is 0.0154. The van der Waals surface area contributed by atoms with Gasteiger partial charge in [-0.05, 0) is 12.1 Å². The predicted octanol–water partition coefficient (Wildman–Crippen LogP) is 0.976. The van der Waals surface area contributed by atoms with Crippen molar-refractivity contribution in [2.75, 3.05) is 24.3 Å². The zero-order valence-corrected chi connectivity index (χ0v) is 8.46. The summed E-state index contributed by atoms with van der Waals surface area (Å²) in [5.41, 5.74) is 0.492. The van der Waals surface area contributed by atoms with Crippen molar-refractivity contribution in [1.82, 2.24) is 0 Å². The standard InChI is InChI=1S/C10H9FN2O3/c1-16-10(15)5-2-6(11)9-7(3-5)13-8(14)4-12-9/h2-3,12H,4H2,1H3,(H,13,14). The SMILES string of the molecule is COC(=O)c1cc(F)c2c(c1)NC(=O)CN2. The maximum Gasteiger partial charge on any atom is 0.338 e. The number of amides is 1. The number of carbonyl (C=O) groups excluding carboxylic acids is 2. The van der Waals surface area contributed by atoms with Crippen molar-refractivity contribution in [1.29, 1.82) is 0 Å². The maximum absolute atomic E-state index is 13.5. The fraction of sp³-hybridized carbons (Fsp3) is 0.200. The quantitative estimate of drug-likeness (QED) is 0.698. The van der Waals surface area contributed by atoms with Crippen LogP contribution in [0.5, 0.6) is 0 Å². The molecule has 0 unspecified atom stereocenters. The zero-order chi connectivity index (χ0) is 11.7. The molecule has 1 amide bonds. The van der Waals surface area contributed by atoms with Crippen LogP contribution < -0.4 is 10.6 Å². The summed E-state index contributed by atoms with van der Waals surface area (Å²) < 4.78 is 18.0. The number of fused-ring (bicyclic) bond motifs is 1. The van der Waals surface area contributed by atoms with E-state index in [1.807, 2.05) is 0 Å². The smallest absolute Gasteiger partial charge is 0.338 e. The number of ether oxygens (including phenoxy) is 1. The van der Waals surface area contributed by atoms with E-state index in [4.69, 9.17) is 0 Å². The molecule has 1 aliphatic rings. The lowest BCUT2D eigenvalue weighted by atomic mass is 10.1. The lowest BCUT2D eigenvalue weighted by Gasteiger charge is -2.19. The van der Waals surface area contributed by atoms with Crippen molar-refractivity contribution >= 4 is 23.3 Å². The van der Waals surface area contributed by atoms with Crippen LogP contribution in [0.25, 0.3) is 0 Å². The summed E-state index contributed by atoms with van der Waals surface area (Å²) in [6.07, 6.45) is 0. The van der Waals surface area contributed by atoms with E-state index in [-0.39, 0.29) is 29.4 Å². The first kappa shape index (κ1) is 10.4. The number of hydrogen-bond donors (Lipinski definition) is 2. The fourth-order valence-corrected chi connectivity index (χ4v) is 1.48. The van der Waals surface area contributed by atoms with Gasteiger partial charge in [0.05, 0.1) is 30.6 Å². The van der Waals surface area contributed by atoms with Crippen LogP contribution in [-0.2, 0) is 9.53 Å². The summed E-state index contributed by atoms with van der Waals surface area (Å²) in [7, 11) is 1.20. The van der Waals surface area contributed by atoms with Crippen LogP contribution in [0.3, 0.4) is 0 Å². The third kappa shape index (κ3) is 1.69. The van der Waals surface area contributed by atoms with Gasteiger partial charge in [0.2, 0.25) is 5.91 Å². The summed E-state index contributed by atoms with van der Waals surface area (Å²) in [5, 5.41) is 5.10. The van der Waals surface area contributed by atoms with E-state index < -0.39 is 11.8 Å². The van der Waals surface area contributed by atoms with Gasteiger partial charge in [0.15, 0.2) is 0 Å². The number of anilines is 2. The molecule has 16 heavy (non-hydrogen) atoms. The minimum Gasteiger partial charge on any atom is -0.465 e. The number of rotatable bonds is 1. The predicted molar refractivity (Wildman–Crippen MR) is 54.9 cm³/mol. The molecule has 0 aromatic heterocycles. The van der Waals surface area contributed by atoms with E-state index in [1.54, 1.807) is 0 Å². The highest BCUT2D eigenvalue weighted by molar-refractivity contribution is 6.02. The Hall–Kier alpha value is -2.11. The topological polar surface area (TPSA) is 67.4 Å². The Labute approximate surface area is 90.6 Å². The molecule has 1 heterocycles. The molecular formula is C10H9FN2O3. The van der Waals surface area contributed by atoms with Gasteiger partial charge in [0.25, 0.3) is 0 Å². The summed E-state index contributed by atoms with van der Waals surface area (Å²) in [5.74, 6) is -1.53. The molecule has 2 rings (SSSR count). The van der Waals surface area contributed by atoms with Crippen molar-refractivity contribution in [2.45, 2.75) is 0 Å². The molecular weight excluding hydrogens is 215 g/mol. The molecule has 1 aromatic rings. The van der Waals surface area contributed by atoms with Crippen molar-refractivity contribution < 1.29 is 18.7 Å². The van der Waals surface area contributed by atoms with E-state index in [0.717, 1.165) is 6.07 Å². The molecule has 0 spiro atoms. The first-order valence-electron chi connectivity index (χ1n) is 4.57. The van der Waals surface area contributed by atoms with Crippen LogP contribution in [0.15, 0.2) is 12.1 Å². The van der Waals surface area contributed by atoms with Crippen molar-refractivity contribution in [2.24, 2.45) is 0 Å². The molecule has 0 bridgehead atoms. The average Bonchev–Trinajstić information content (AvgIpc) is 2.27. The number of carbonyl (C=O) groups is 2. The molecule has 0 aliphatic carbocycles. The molecule has 0 atom stereocenters. The Morgan fingerprint density at radius 2 is 2.25 bits per heavy atom. The van der Waals surface area contributed by atoms with Crippen LogP contribution in [0.1, 0.15) is 10.4 Å². The number of esters is 1. The van der Waals surface area contributed by atoms with Crippen LogP contribution in [0, 0.1) is 5.82 Å². The molecule has 1 aliphatic heterocycles. The van der Waals surface area contributed by atoms with Crippen LogP contribution in [0.4, 0.5) is 15.8 Å². The molecule has 0 saturated heterocycles. The minimum absolute atomic E-state index is 0.0154. The van der Waals surface area contributed by atoms with Crippen LogP contribution in [-0.4, -0.2) is 25.5 Å². The third-order valence-corrected chi connectivity index (χ3v) is 2.21. The van der Waals surface area contributed by atoms with E-state index in [2.05, 4.69) is 15.4 Å². The normalized spacial score (nSPS) is 13.5. The Bertz CT molecular complexity index is 473. The first-order chi connectivity index (χ1) is 7.61. The zero-order valence-electron chi connectivity index (χ0n) is 8.46. The molecule has 0 fully saturated rings. The van der Waals surface area contributed by atoms with Gasteiger partial charge in [-0.2, -0.15) is 0 Å². The van der Waals surface area contributed by atoms with Gasteiger partial charge in [-0.1, -0.05) is 0 Å². The highest BCUT2D eigenvalue weighted by Crippen LogP contribution is 2.29. The lowest BCUT2D eigenvalue weighted by molar-refractivity contribution is -0.114. The minimum atomic E-state index is -0.651. The van der Waals surface area contributed by atoms with E-state index >= 15 is 0 Å². The van der Waals surface area contributed by atoms with E-state index in [1.165, 1.54) is 13.2 Å². The second-order valence-corrected chi connectivity index (χ2v) is 3.27. The van der Waals surface area contributed by atoms with Gasteiger partial charge in [-0.3, -0.25) is 4.79 Å². The highest BCUT2D eigenvalue weighted by Gasteiger charge is 2.20. The Morgan fingerprint density at radius 1 is 1.50 bits per heavy atom. The molecule has 0 radical (unpaired) electrons. The Morgan fingerprint density at radius 3 is 2.94 bits per heavy atom. The van der Waals surface area contributed by atoms with Gasteiger partial charge in [-0.15, -0.1) is 0 Å². The molecule has 5 nitrogen and oxygen atoms in total. The lowest BCUT2D eigenvalue weighted by Crippen LogP contribution is -2.28. The van der Waals surface area contributed by atoms with Gasteiger partial charge >= 0.3 is 5.97 Å². The molecule has 2 N–H and O–H groups in total. The van der Waals surface area contributed by atoms with Crippen molar-refractivity contribution in [3.63, 3.8) is 0 Å².